The predicted octanol–water partition coefficient (Wildman–Crippen LogP) is 3.21. The Morgan fingerprint density at radius 2 is 2.00 bits per heavy atom. The van der Waals surface area contributed by atoms with Gasteiger partial charge in [0.15, 0.2) is 0 Å². The van der Waals surface area contributed by atoms with Crippen molar-refractivity contribution < 1.29 is 14.3 Å². The van der Waals surface area contributed by atoms with E-state index in [0.717, 1.165) is 43.7 Å². The fourth-order valence-electron chi connectivity index (χ4n) is 3.16. The van der Waals surface area contributed by atoms with Crippen molar-refractivity contribution in [1.29, 1.82) is 0 Å². The second-order valence-corrected chi connectivity index (χ2v) is 6.96. The number of nitrogens with zero attached hydrogens (tertiary/aromatic N) is 1. The van der Waals surface area contributed by atoms with E-state index in [4.69, 9.17) is 9.47 Å². The van der Waals surface area contributed by atoms with Gasteiger partial charge in [-0.1, -0.05) is 24.6 Å². The summed E-state index contributed by atoms with van der Waals surface area (Å²) in [6, 6.07) is 6.02. The molecule has 4 heteroatoms. The summed E-state index contributed by atoms with van der Waals surface area (Å²) in [6.45, 7) is 9.81. The van der Waals surface area contributed by atoms with Gasteiger partial charge in [-0.05, 0) is 43.7 Å². The number of amides is 1. The van der Waals surface area contributed by atoms with E-state index in [1.165, 1.54) is 5.56 Å². The number of aryl methyl sites for hydroxylation is 2. The lowest BCUT2D eigenvalue weighted by Crippen LogP contribution is -2.44. The zero-order valence-electron chi connectivity index (χ0n) is 14.9. The van der Waals surface area contributed by atoms with Gasteiger partial charge in [-0.2, -0.15) is 0 Å². The number of rotatable bonds is 6. The maximum absolute atomic E-state index is 13.0. The first-order chi connectivity index (χ1) is 10.9. The van der Waals surface area contributed by atoms with Gasteiger partial charge in [0.1, 0.15) is 0 Å². The molecular formula is C19H29NO3. The molecule has 1 aliphatic heterocycles. The lowest BCUT2D eigenvalue weighted by molar-refractivity contribution is 0.00272. The Bertz CT molecular complexity index is 535. The molecule has 23 heavy (non-hydrogen) atoms. The third kappa shape index (κ3) is 4.79. The molecule has 128 valence electrons. The van der Waals surface area contributed by atoms with Crippen LogP contribution in [0.5, 0.6) is 0 Å². The van der Waals surface area contributed by atoms with Gasteiger partial charge >= 0.3 is 0 Å². The molecule has 0 aliphatic carbocycles. The van der Waals surface area contributed by atoms with E-state index >= 15 is 0 Å². The smallest absolute Gasteiger partial charge is 0.254 e. The van der Waals surface area contributed by atoms with Crippen molar-refractivity contribution >= 4 is 5.91 Å². The molecule has 0 saturated carbocycles. The molecule has 1 amide bonds. The highest BCUT2D eigenvalue weighted by Gasteiger charge is 2.32. The van der Waals surface area contributed by atoms with E-state index in [2.05, 4.69) is 13.0 Å². The number of hydrogen-bond donors (Lipinski definition) is 0. The van der Waals surface area contributed by atoms with E-state index in [-0.39, 0.29) is 11.3 Å². The van der Waals surface area contributed by atoms with Crippen molar-refractivity contribution in [3.05, 3.63) is 34.9 Å². The van der Waals surface area contributed by atoms with Crippen LogP contribution in [-0.2, 0) is 9.47 Å². The molecule has 0 radical (unpaired) electrons. The van der Waals surface area contributed by atoms with Gasteiger partial charge in [-0.15, -0.1) is 0 Å². The number of carbonyl (C=O) groups excluding carboxylic acids is 1. The standard InChI is InChI=1S/C19H29NO3/c1-15-5-6-17(16(2)13-15)18(21)20(9-12-22-4)14-19(3)7-10-23-11-8-19/h5-6,13H,7-12,14H2,1-4H3. The highest BCUT2D eigenvalue weighted by Crippen LogP contribution is 2.31. The molecule has 0 spiro atoms. The summed E-state index contributed by atoms with van der Waals surface area (Å²) in [5.74, 6) is 0.104. The largest absolute Gasteiger partial charge is 0.383 e. The van der Waals surface area contributed by atoms with E-state index in [1.807, 2.05) is 30.9 Å². The summed E-state index contributed by atoms with van der Waals surface area (Å²) in [5, 5.41) is 0. The Morgan fingerprint density at radius 3 is 2.61 bits per heavy atom. The average molecular weight is 319 g/mol. The van der Waals surface area contributed by atoms with E-state index < -0.39 is 0 Å². The Kier molecular flexibility index (Phi) is 6.19. The van der Waals surface area contributed by atoms with E-state index in [1.54, 1.807) is 7.11 Å². The quantitative estimate of drug-likeness (QED) is 0.808. The molecule has 1 aliphatic rings. The minimum Gasteiger partial charge on any atom is -0.383 e. The van der Waals surface area contributed by atoms with Crippen LogP contribution in [0.3, 0.4) is 0 Å². The molecule has 0 N–H and O–H groups in total. The molecule has 0 bridgehead atoms. The van der Waals surface area contributed by atoms with Crippen molar-refractivity contribution in [2.24, 2.45) is 5.41 Å². The molecule has 2 rings (SSSR count). The fourth-order valence-corrected chi connectivity index (χ4v) is 3.16. The number of methoxy groups -OCH3 is 1. The molecule has 0 unspecified atom stereocenters. The van der Waals surface area contributed by atoms with Crippen LogP contribution in [-0.4, -0.2) is 50.8 Å². The number of benzene rings is 1. The lowest BCUT2D eigenvalue weighted by Gasteiger charge is -2.38. The SMILES string of the molecule is COCCN(CC1(C)CCOCC1)C(=O)c1ccc(C)cc1C. The lowest BCUT2D eigenvalue weighted by atomic mass is 9.81. The van der Waals surface area contributed by atoms with Gasteiger partial charge in [0.2, 0.25) is 0 Å². The van der Waals surface area contributed by atoms with Crippen LogP contribution in [0.4, 0.5) is 0 Å². The maximum atomic E-state index is 13.0. The Morgan fingerprint density at radius 1 is 1.30 bits per heavy atom. The Balaban J connectivity index is 2.17. The van der Waals surface area contributed by atoms with Crippen LogP contribution in [0, 0.1) is 19.3 Å². The van der Waals surface area contributed by atoms with Gasteiger partial charge in [-0.3, -0.25) is 4.79 Å². The van der Waals surface area contributed by atoms with E-state index in [9.17, 15) is 4.79 Å². The molecule has 1 aromatic carbocycles. The maximum Gasteiger partial charge on any atom is 0.254 e. The van der Waals surface area contributed by atoms with Gasteiger partial charge in [-0.25, -0.2) is 0 Å². The topological polar surface area (TPSA) is 38.8 Å². The molecule has 1 fully saturated rings. The molecule has 1 heterocycles. The van der Waals surface area contributed by atoms with Crippen LogP contribution >= 0.6 is 0 Å². The van der Waals surface area contributed by atoms with E-state index in [0.29, 0.717) is 13.2 Å². The molecule has 1 saturated heterocycles. The summed E-state index contributed by atoms with van der Waals surface area (Å²) < 4.78 is 10.7. The minimum atomic E-state index is 0.104. The Labute approximate surface area is 139 Å². The first kappa shape index (κ1) is 18.0. The van der Waals surface area contributed by atoms with Crippen LogP contribution < -0.4 is 0 Å². The van der Waals surface area contributed by atoms with Gasteiger partial charge in [0.05, 0.1) is 6.61 Å². The monoisotopic (exact) mass is 319 g/mol. The predicted molar refractivity (Wildman–Crippen MR) is 91.9 cm³/mol. The second kappa shape index (κ2) is 7.93. The number of ether oxygens (including phenoxy) is 2. The van der Waals surface area contributed by atoms with Crippen molar-refractivity contribution in [1.82, 2.24) is 4.90 Å². The highest BCUT2D eigenvalue weighted by atomic mass is 16.5. The third-order valence-corrected chi connectivity index (χ3v) is 4.74. The molecular weight excluding hydrogens is 290 g/mol. The summed E-state index contributed by atoms with van der Waals surface area (Å²) in [4.78, 5) is 15.0. The fraction of sp³-hybridized carbons (Fsp3) is 0.632. The number of hydrogen-bond acceptors (Lipinski definition) is 3. The van der Waals surface area contributed by atoms with Crippen LogP contribution in [0.15, 0.2) is 18.2 Å². The van der Waals surface area contributed by atoms with Crippen molar-refractivity contribution in [3.8, 4) is 0 Å². The van der Waals surface area contributed by atoms with Crippen LogP contribution in [0.2, 0.25) is 0 Å². The first-order valence-electron chi connectivity index (χ1n) is 8.38. The molecule has 4 nitrogen and oxygen atoms in total. The molecule has 1 aromatic rings. The minimum absolute atomic E-state index is 0.104. The normalized spacial score (nSPS) is 17.0. The zero-order chi connectivity index (χ0) is 16.9. The zero-order valence-corrected chi connectivity index (χ0v) is 14.9. The molecule has 0 aromatic heterocycles. The first-order valence-corrected chi connectivity index (χ1v) is 8.38. The average Bonchev–Trinajstić information content (AvgIpc) is 2.51. The summed E-state index contributed by atoms with van der Waals surface area (Å²) in [7, 11) is 1.68. The number of carbonyl (C=O) groups is 1. The summed E-state index contributed by atoms with van der Waals surface area (Å²) in [6.07, 6.45) is 1.99. The van der Waals surface area contributed by atoms with Gasteiger partial charge in [0, 0.05) is 39.0 Å². The van der Waals surface area contributed by atoms with Gasteiger partial charge in [0.25, 0.3) is 5.91 Å². The van der Waals surface area contributed by atoms with Crippen molar-refractivity contribution in [2.75, 3.05) is 40.0 Å². The van der Waals surface area contributed by atoms with Crippen LogP contribution in [0.1, 0.15) is 41.3 Å². The summed E-state index contributed by atoms with van der Waals surface area (Å²) >= 11 is 0. The molecule has 0 atom stereocenters. The Hall–Kier alpha value is -1.39. The van der Waals surface area contributed by atoms with Crippen molar-refractivity contribution in [3.63, 3.8) is 0 Å². The highest BCUT2D eigenvalue weighted by molar-refractivity contribution is 5.95. The van der Waals surface area contributed by atoms with Gasteiger partial charge < -0.3 is 14.4 Å². The third-order valence-electron chi connectivity index (χ3n) is 4.74. The summed E-state index contributed by atoms with van der Waals surface area (Å²) in [5.41, 5.74) is 3.14. The van der Waals surface area contributed by atoms with Crippen LogP contribution in [0.25, 0.3) is 0 Å². The van der Waals surface area contributed by atoms with Crippen molar-refractivity contribution in [2.45, 2.75) is 33.6 Å². The second-order valence-electron chi connectivity index (χ2n) is 6.96.